The molecule has 5 nitrogen and oxygen atoms in total. The second-order valence-corrected chi connectivity index (χ2v) is 6.22. The van der Waals surface area contributed by atoms with E-state index in [9.17, 15) is 4.55 Å². The van der Waals surface area contributed by atoms with Crippen molar-refractivity contribution >= 4 is 34.4 Å². The van der Waals surface area contributed by atoms with E-state index < -0.39 is 11.2 Å². The van der Waals surface area contributed by atoms with Crippen LogP contribution in [-0.2, 0) is 11.2 Å². The molecular formula is C11H19ClN4OS. The molecule has 0 fully saturated rings. The molecule has 1 aromatic heterocycles. The van der Waals surface area contributed by atoms with E-state index in [0.717, 1.165) is 0 Å². The van der Waals surface area contributed by atoms with Gasteiger partial charge in [0.05, 0.1) is 0 Å². The lowest BCUT2D eigenvalue weighted by Gasteiger charge is -2.16. The average molecular weight is 291 g/mol. The Labute approximate surface area is 116 Å². The zero-order valence-corrected chi connectivity index (χ0v) is 12.8. The van der Waals surface area contributed by atoms with Crippen molar-refractivity contribution in [3.05, 3.63) is 5.15 Å². The second-order valence-electron chi connectivity index (χ2n) is 4.57. The van der Waals surface area contributed by atoms with Crippen LogP contribution in [0.2, 0.25) is 5.15 Å². The predicted molar refractivity (Wildman–Crippen MR) is 76.9 cm³/mol. The Morgan fingerprint density at radius 3 is 2.11 bits per heavy atom. The molecule has 1 atom stereocenters. The zero-order chi connectivity index (χ0) is 13.9. The van der Waals surface area contributed by atoms with E-state index in [-0.39, 0.29) is 17.2 Å². The van der Waals surface area contributed by atoms with Gasteiger partial charge in [-0.2, -0.15) is 9.97 Å². The average Bonchev–Trinajstić information content (AvgIpc) is 2.19. The standard InChI is InChI=1S/C11H19ClN4OS/c1-6(2)13-8-9(12)15-11(14-7(3)4)16-10(8)18(5)17/h6-7,13H,1-5H3,(H,14,15,16). The van der Waals surface area contributed by atoms with Crippen LogP contribution < -0.4 is 10.6 Å². The molecule has 2 N–H and O–H groups in total. The first kappa shape index (κ1) is 15.3. The van der Waals surface area contributed by atoms with Crippen LogP contribution >= 0.6 is 11.6 Å². The Kier molecular flexibility index (Phi) is 5.49. The van der Waals surface area contributed by atoms with Crippen molar-refractivity contribution in [3.63, 3.8) is 0 Å². The smallest absolute Gasteiger partial charge is 0.274 e. The molecule has 0 saturated carbocycles. The van der Waals surface area contributed by atoms with Crippen LogP contribution in [0, 0.1) is 0 Å². The number of nitrogens with one attached hydrogen (secondary N) is 2. The molecule has 7 heteroatoms. The van der Waals surface area contributed by atoms with E-state index in [1.54, 1.807) is 6.26 Å². The minimum Gasteiger partial charge on any atom is -0.610 e. The van der Waals surface area contributed by atoms with Gasteiger partial charge in [0, 0.05) is 23.3 Å². The maximum Gasteiger partial charge on any atom is 0.274 e. The molecular weight excluding hydrogens is 272 g/mol. The van der Waals surface area contributed by atoms with Gasteiger partial charge in [-0.3, -0.25) is 0 Å². The van der Waals surface area contributed by atoms with Crippen molar-refractivity contribution in [2.24, 2.45) is 0 Å². The van der Waals surface area contributed by atoms with Crippen LogP contribution in [0.5, 0.6) is 0 Å². The summed E-state index contributed by atoms with van der Waals surface area (Å²) in [6, 6.07) is 0.348. The lowest BCUT2D eigenvalue weighted by molar-refractivity contribution is 0.597. The summed E-state index contributed by atoms with van der Waals surface area (Å²) in [5.74, 6) is 0.398. The molecule has 102 valence electrons. The molecule has 0 bridgehead atoms. The molecule has 0 aliphatic carbocycles. The molecule has 18 heavy (non-hydrogen) atoms. The summed E-state index contributed by atoms with van der Waals surface area (Å²) < 4.78 is 11.7. The zero-order valence-electron chi connectivity index (χ0n) is 11.2. The summed E-state index contributed by atoms with van der Waals surface area (Å²) in [5.41, 5.74) is 0.543. The Morgan fingerprint density at radius 1 is 1.11 bits per heavy atom. The maximum absolute atomic E-state index is 11.7. The Balaban J connectivity index is 3.18. The SMILES string of the molecule is CC(C)Nc1nc(Cl)c(NC(C)C)c([S+](C)[O-])n1. The highest BCUT2D eigenvalue weighted by Gasteiger charge is 2.21. The molecule has 1 rings (SSSR count). The fraction of sp³-hybridized carbons (Fsp3) is 0.636. The lowest BCUT2D eigenvalue weighted by atomic mass is 10.3. The van der Waals surface area contributed by atoms with E-state index in [1.165, 1.54) is 0 Å². The van der Waals surface area contributed by atoms with Gasteiger partial charge in [0.15, 0.2) is 5.15 Å². The molecule has 0 aliphatic rings. The highest BCUT2D eigenvalue weighted by Crippen LogP contribution is 2.28. The van der Waals surface area contributed by atoms with Gasteiger partial charge < -0.3 is 15.2 Å². The Bertz CT molecular complexity index is 412. The maximum atomic E-state index is 11.7. The largest absolute Gasteiger partial charge is 0.610 e. The third kappa shape index (κ3) is 4.19. The third-order valence-electron chi connectivity index (χ3n) is 1.95. The van der Waals surface area contributed by atoms with Crippen molar-refractivity contribution in [2.75, 3.05) is 16.9 Å². The van der Waals surface area contributed by atoms with E-state index in [1.807, 2.05) is 27.7 Å². The minimum atomic E-state index is -1.23. The van der Waals surface area contributed by atoms with Crippen LogP contribution in [-0.4, -0.2) is 32.9 Å². The Hall–Kier alpha value is -0.720. The number of hydrogen-bond donors (Lipinski definition) is 2. The van der Waals surface area contributed by atoms with Gasteiger partial charge in [0.2, 0.25) is 5.95 Å². The number of aromatic nitrogens is 2. The molecule has 0 saturated heterocycles. The van der Waals surface area contributed by atoms with Gasteiger partial charge in [-0.25, -0.2) is 0 Å². The van der Waals surface area contributed by atoms with Crippen LogP contribution in [0.3, 0.4) is 0 Å². The van der Waals surface area contributed by atoms with Crippen molar-refractivity contribution in [1.82, 2.24) is 9.97 Å². The van der Waals surface area contributed by atoms with Gasteiger partial charge >= 0.3 is 0 Å². The monoisotopic (exact) mass is 290 g/mol. The Morgan fingerprint density at radius 2 is 1.67 bits per heavy atom. The van der Waals surface area contributed by atoms with Gasteiger partial charge in [-0.05, 0) is 27.7 Å². The number of rotatable bonds is 5. The highest BCUT2D eigenvalue weighted by molar-refractivity contribution is 7.90. The van der Waals surface area contributed by atoms with Crippen molar-refractivity contribution < 1.29 is 4.55 Å². The number of hydrogen-bond acceptors (Lipinski definition) is 5. The third-order valence-corrected chi connectivity index (χ3v) is 3.07. The van der Waals surface area contributed by atoms with Gasteiger partial charge in [-0.15, -0.1) is 0 Å². The second kappa shape index (κ2) is 6.45. The number of anilines is 2. The quantitative estimate of drug-likeness (QED) is 0.644. The molecule has 0 spiro atoms. The molecule has 0 aliphatic heterocycles. The molecule has 0 aromatic carbocycles. The topological polar surface area (TPSA) is 72.9 Å². The first-order valence-corrected chi connectivity index (χ1v) is 7.69. The molecule has 0 radical (unpaired) electrons. The van der Waals surface area contributed by atoms with Crippen LogP contribution in [0.1, 0.15) is 27.7 Å². The number of halogens is 1. The van der Waals surface area contributed by atoms with E-state index in [4.69, 9.17) is 11.6 Å². The molecule has 1 heterocycles. The van der Waals surface area contributed by atoms with Gasteiger partial charge in [0.1, 0.15) is 11.9 Å². The van der Waals surface area contributed by atoms with Crippen LogP contribution in [0.4, 0.5) is 11.6 Å². The summed E-state index contributed by atoms with van der Waals surface area (Å²) in [6.07, 6.45) is 1.57. The van der Waals surface area contributed by atoms with Crippen LogP contribution in [0.15, 0.2) is 5.03 Å². The van der Waals surface area contributed by atoms with Crippen LogP contribution in [0.25, 0.3) is 0 Å². The summed E-state index contributed by atoms with van der Waals surface area (Å²) in [7, 11) is 0. The first-order valence-electron chi connectivity index (χ1n) is 5.75. The van der Waals surface area contributed by atoms with E-state index in [2.05, 4.69) is 20.6 Å². The summed E-state index contributed by atoms with van der Waals surface area (Å²) in [6.45, 7) is 7.89. The highest BCUT2D eigenvalue weighted by atomic mass is 35.5. The van der Waals surface area contributed by atoms with Crippen molar-refractivity contribution in [1.29, 1.82) is 0 Å². The normalized spacial score (nSPS) is 12.9. The summed E-state index contributed by atoms with van der Waals surface area (Å²) in [4.78, 5) is 8.41. The fourth-order valence-corrected chi connectivity index (χ4v) is 2.29. The predicted octanol–water partition coefficient (Wildman–Crippen LogP) is 2.51. The fourth-order valence-electron chi connectivity index (χ4n) is 1.35. The lowest BCUT2D eigenvalue weighted by Crippen LogP contribution is -2.19. The van der Waals surface area contributed by atoms with Crippen molar-refractivity contribution in [3.8, 4) is 0 Å². The van der Waals surface area contributed by atoms with E-state index in [0.29, 0.717) is 16.7 Å². The van der Waals surface area contributed by atoms with Crippen molar-refractivity contribution in [2.45, 2.75) is 44.8 Å². The molecule has 1 unspecified atom stereocenters. The van der Waals surface area contributed by atoms with Gasteiger partial charge in [0.25, 0.3) is 5.03 Å². The summed E-state index contributed by atoms with van der Waals surface area (Å²) >= 11 is 4.89. The number of nitrogens with zero attached hydrogens (tertiary/aromatic N) is 2. The summed E-state index contributed by atoms with van der Waals surface area (Å²) in [5, 5.41) is 6.89. The van der Waals surface area contributed by atoms with E-state index >= 15 is 0 Å². The van der Waals surface area contributed by atoms with Gasteiger partial charge in [-0.1, -0.05) is 11.6 Å². The molecule has 0 amide bonds. The molecule has 1 aromatic rings. The minimum absolute atomic E-state index is 0.164. The first-order chi connectivity index (χ1) is 8.31.